The molecule has 3 N–H and O–H groups in total. The van der Waals surface area contributed by atoms with E-state index < -0.39 is 15.9 Å². The quantitative estimate of drug-likeness (QED) is 0.628. The topological polar surface area (TPSA) is 91.1 Å². The molecule has 0 fully saturated rings. The summed E-state index contributed by atoms with van der Waals surface area (Å²) in [5.74, 6) is -0.590. The predicted molar refractivity (Wildman–Crippen MR) is 85.4 cm³/mol. The molecule has 0 saturated heterocycles. The van der Waals surface area contributed by atoms with E-state index in [1.807, 2.05) is 0 Å². The largest absolute Gasteiger partial charge is 0.350 e. The Bertz CT molecular complexity index is 933. The van der Waals surface area contributed by atoms with Crippen LogP contribution in [-0.4, -0.2) is 19.3 Å². The number of benzene rings is 1. The summed E-state index contributed by atoms with van der Waals surface area (Å²) in [6.45, 7) is 0. The van der Waals surface area contributed by atoms with Gasteiger partial charge in [0.25, 0.3) is 15.9 Å². The van der Waals surface area contributed by atoms with Gasteiger partial charge in [0.15, 0.2) is 0 Å². The molecule has 0 atom stereocenters. The lowest BCUT2D eigenvalue weighted by Crippen LogP contribution is -2.41. The highest BCUT2D eigenvalue weighted by atomic mass is 35.5. The molecule has 1 aromatic carbocycles. The first-order valence-corrected chi connectivity index (χ1v) is 8.84. The molecule has 6 nitrogen and oxygen atoms in total. The second-order valence-corrected chi connectivity index (χ2v) is 7.70. The number of aromatic amines is 1. The zero-order valence-electron chi connectivity index (χ0n) is 11.0. The Morgan fingerprint density at radius 3 is 2.77 bits per heavy atom. The van der Waals surface area contributed by atoms with Crippen LogP contribution in [0.5, 0.6) is 0 Å². The van der Waals surface area contributed by atoms with Crippen LogP contribution < -0.4 is 10.3 Å². The van der Waals surface area contributed by atoms with Crippen LogP contribution in [0.3, 0.4) is 0 Å². The Morgan fingerprint density at radius 2 is 2.05 bits per heavy atom. The Hall–Kier alpha value is -1.87. The number of sulfonamides is 1. The van der Waals surface area contributed by atoms with Gasteiger partial charge in [-0.3, -0.25) is 10.2 Å². The maximum atomic E-state index is 12.0. The first-order chi connectivity index (χ1) is 10.5. The van der Waals surface area contributed by atoms with Crippen molar-refractivity contribution in [1.29, 1.82) is 0 Å². The summed E-state index contributed by atoms with van der Waals surface area (Å²) < 4.78 is 23.9. The van der Waals surface area contributed by atoms with Crippen molar-refractivity contribution in [1.82, 2.24) is 15.2 Å². The normalized spacial score (nSPS) is 11.7. The molecule has 0 bridgehead atoms. The number of H-pyrrole nitrogens is 1. The molecule has 114 valence electrons. The van der Waals surface area contributed by atoms with E-state index in [2.05, 4.69) is 15.2 Å². The van der Waals surface area contributed by atoms with Crippen LogP contribution >= 0.6 is 22.9 Å². The fourth-order valence-electron chi connectivity index (χ4n) is 1.87. The molecule has 1 amide bonds. The molecule has 0 radical (unpaired) electrons. The van der Waals surface area contributed by atoms with Gasteiger partial charge in [-0.05, 0) is 35.7 Å². The van der Waals surface area contributed by atoms with Crippen LogP contribution in [-0.2, 0) is 10.0 Å². The number of nitrogens with one attached hydrogen (secondary N) is 3. The number of fused-ring (bicyclic) bond motifs is 1. The molecular weight excluding hydrogens is 346 g/mol. The third-order valence-corrected chi connectivity index (χ3v) is 5.77. The highest BCUT2D eigenvalue weighted by Crippen LogP contribution is 2.20. The number of hydrogen-bond acceptors (Lipinski definition) is 4. The van der Waals surface area contributed by atoms with E-state index in [1.165, 1.54) is 6.07 Å². The van der Waals surface area contributed by atoms with Crippen molar-refractivity contribution in [3.63, 3.8) is 0 Å². The van der Waals surface area contributed by atoms with Gasteiger partial charge in [-0.2, -0.15) is 0 Å². The summed E-state index contributed by atoms with van der Waals surface area (Å²) in [6, 6.07) is 9.80. The highest BCUT2D eigenvalue weighted by Gasteiger charge is 2.17. The fourth-order valence-corrected chi connectivity index (χ4v) is 3.89. The van der Waals surface area contributed by atoms with Gasteiger partial charge in [0.1, 0.15) is 9.90 Å². The molecule has 9 heteroatoms. The monoisotopic (exact) mass is 355 g/mol. The average molecular weight is 356 g/mol. The van der Waals surface area contributed by atoms with E-state index >= 15 is 0 Å². The summed E-state index contributed by atoms with van der Waals surface area (Å²) >= 11 is 6.94. The lowest BCUT2D eigenvalue weighted by atomic mass is 10.2. The molecule has 0 unspecified atom stereocenters. The molecule has 0 spiro atoms. The minimum Gasteiger partial charge on any atom is -0.350 e. The zero-order valence-corrected chi connectivity index (χ0v) is 13.3. The Morgan fingerprint density at radius 1 is 1.23 bits per heavy atom. The van der Waals surface area contributed by atoms with Gasteiger partial charge < -0.3 is 4.98 Å². The van der Waals surface area contributed by atoms with Gasteiger partial charge in [0, 0.05) is 15.9 Å². The molecule has 22 heavy (non-hydrogen) atoms. The molecule has 0 aliphatic rings. The number of carbonyl (C=O) groups is 1. The van der Waals surface area contributed by atoms with Gasteiger partial charge in [-0.15, -0.1) is 16.2 Å². The predicted octanol–water partition coefficient (Wildman–Crippen LogP) is 2.51. The Labute approximate surface area is 135 Å². The van der Waals surface area contributed by atoms with Crippen molar-refractivity contribution in [2.24, 2.45) is 0 Å². The van der Waals surface area contributed by atoms with Crippen molar-refractivity contribution >= 4 is 49.8 Å². The van der Waals surface area contributed by atoms with Gasteiger partial charge in [-0.1, -0.05) is 17.7 Å². The maximum absolute atomic E-state index is 12.0. The van der Waals surface area contributed by atoms with Crippen molar-refractivity contribution < 1.29 is 13.2 Å². The number of thiophene rings is 1. The summed E-state index contributed by atoms with van der Waals surface area (Å²) in [6.07, 6.45) is 0. The fraction of sp³-hybridized carbons (Fsp3) is 0. The van der Waals surface area contributed by atoms with Crippen LogP contribution in [0.4, 0.5) is 0 Å². The van der Waals surface area contributed by atoms with Crippen LogP contribution in [0.2, 0.25) is 5.02 Å². The van der Waals surface area contributed by atoms with Gasteiger partial charge >= 0.3 is 0 Å². The van der Waals surface area contributed by atoms with Crippen LogP contribution in [0.25, 0.3) is 10.9 Å². The molecule has 3 rings (SSSR count). The van der Waals surface area contributed by atoms with Crippen LogP contribution in [0, 0.1) is 0 Å². The average Bonchev–Trinajstić information content (AvgIpc) is 3.13. The number of aromatic nitrogens is 1. The second-order valence-electron chi connectivity index (χ2n) is 4.41. The van der Waals surface area contributed by atoms with E-state index in [-0.39, 0.29) is 9.90 Å². The van der Waals surface area contributed by atoms with Crippen LogP contribution in [0.15, 0.2) is 46.0 Å². The van der Waals surface area contributed by atoms with Gasteiger partial charge in [0.2, 0.25) is 0 Å². The molecule has 0 aliphatic carbocycles. The Balaban J connectivity index is 1.76. The molecule has 2 aromatic heterocycles. The van der Waals surface area contributed by atoms with Crippen molar-refractivity contribution in [2.75, 3.05) is 0 Å². The molecule has 2 heterocycles. The number of halogens is 1. The third kappa shape index (κ3) is 3.00. The summed E-state index contributed by atoms with van der Waals surface area (Å²) in [5.41, 5.74) is 3.13. The first-order valence-electron chi connectivity index (χ1n) is 6.10. The van der Waals surface area contributed by atoms with Crippen molar-refractivity contribution in [3.05, 3.63) is 52.5 Å². The molecular formula is C13H10ClN3O3S2. The molecule has 0 aliphatic heterocycles. The minimum atomic E-state index is -3.76. The zero-order chi connectivity index (χ0) is 15.7. The summed E-state index contributed by atoms with van der Waals surface area (Å²) in [7, 11) is -3.76. The Kier molecular flexibility index (Phi) is 3.92. The molecule has 3 aromatic rings. The van der Waals surface area contributed by atoms with Gasteiger partial charge in [-0.25, -0.2) is 8.42 Å². The third-order valence-electron chi connectivity index (χ3n) is 2.89. The smallest absolute Gasteiger partial charge is 0.282 e. The SMILES string of the molecule is O=C(NNS(=O)(=O)c1cccs1)c1cc2cc(Cl)ccc2[nH]1. The minimum absolute atomic E-state index is 0.122. The van der Waals surface area contributed by atoms with E-state index in [0.29, 0.717) is 5.02 Å². The van der Waals surface area contributed by atoms with E-state index in [4.69, 9.17) is 11.6 Å². The van der Waals surface area contributed by atoms with Crippen molar-refractivity contribution in [2.45, 2.75) is 4.21 Å². The van der Waals surface area contributed by atoms with E-state index in [0.717, 1.165) is 22.2 Å². The summed E-state index contributed by atoms with van der Waals surface area (Å²) in [5, 5.41) is 2.95. The number of hydrazine groups is 1. The van der Waals surface area contributed by atoms with E-state index in [9.17, 15) is 13.2 Å². The van der Waals surface area contributed by atoms with E-state index in [1.54, 1.807) is 35.7 Å². The highest BCUT2D eigenvalue weighted by molar-refractivity contribution is 7.91. The van der Waals surface area contributed by atoms with Gasteiger partial charge in [0.05, 0.1) is 0 Å². The lowest BCUT2D eigenvalue weighted by Gasteiger charge is -2.05. The first kappa shape index (κ1) is 15.0. The van der Waals surface area contributed by atoms with Crippen molar-refractivity contribution in [3.8, 4) is 0 Å². The maximum Gasteiger partial charge on any atom is 0.282 e. The number of amides is 1. The van der Waals surface area contributed by atoms with Crippen LogP contribution in [0.1, 0.15) is 10.5 Å². The standard InChI is InChI=1S/C13H10ClN3O3S2/c14-9-3-4-10-8(6-9)7-11(15-10)13(18)16-17-22(19,20)12-2-1-5-21-12/h1-7,15,17H,(H,16,18). The number of carbonyl (C=O) groups excluding carboxylic acids is 1. The summed E-state index contributed by atoms with van der Waals surface area (Å²) in [4.78, 5) is 17.0. The second kappa shape index (κ2) is 5.73. The lowest BCUT2D eigenvalue weighted by molar-refractivity contribution is 0.0941. The number of rotatable bonds is 4. The number of hydrogen-bond donors (Lipinski definition) is 3. The molecule has 0 saturated carbocycles.